The van der Waals surface area contributed by atoms with Crippen LogP contribution in [0.15, 0.2) is 24.3 Å². The van der Waals surface area contributed by atoms with Gasteiger partial charge >= 0.3 is 12.1 Å². The molecule has 5 N–H and O–H groups in total. The maximum absolute atomic E-state index is 13.6. The molecule has 0 saturated carbocycles. The van der Waals surface area contributed by atoms with Crippen LogP contribution >= 0.6 is 0 Å². The van der Waals surface area contributed by atoms with E-state index in [2.05, 4.69) is 16.0 Å². The van der Waals surface area contributed by atoms with Crippen molar-refractivity contribution >= 4 is 29.8 Å². The first-order valence-corrected chi connectivity index (χ1v) is 13.9. The first-order chi connectivity index (χ1) is 18.8. The van der Waals surface area contributed by atoms with Gasteiger partial charge in [-0.3, -0.25) is 14.4 Å². The van der Waals surface area contributed by atoms with E-state index in [1.165, 1.54) is 0 Å². The third-order valence-electron chi connectivity index (χ3n) is 5.56. The molecule has 0 aliphatic heterocycles. The summed E-state index contributed by atoms with van der Waals surface area (Å²) >= 11 is 0. The van der Waals surface area contributed by atoms with Gasteiger partial charge in [-0.1, -0.05) is 43.7 Å². The van der Waals surface area contributed by atoms with E-state index < -0.39 is 59.1 Å². The fraction of sp³-hybridized carbons (Fsp3) is 0.633. The summed E-state index contributed by atoms with van der Waals surface area (Å²) in [5, 5.41) is 8.00. The predicted octanol–water partition coefficient (Wildman–Crippen LogP) is 3.05. The molecule has 11 nitrogen and oxygen atoms in total. The summed E-state index contributed by atoms with van der Waals surface area (Å²) in [6.07, 6.45) is -0.582. The molecule has 0 aliphatic carbocycles. The predicted molar refractivity (Wildman–Crippen MR) is 156 cm³/mol. The molecule has 0 radical (unpaired) electrons. The Morgan fingerprint density at radius 1 is 0.829 bits per heavy atom. The van der Waals surface area contributed by atoms with Crippen LogP contribution in [0.1, 0.15) is 85.8 Å². The minimum Gasteiger partial charge on any atom is -0.458 e. The lowest BCUT2D eigenvalue weighted by molar-refractivity contribution is -0.159. The van der Waals surface area contributed by atoms with Gasteiger partial charge in [0.15, 0.2) is 0 Å². The number of aryl methyl sites for hydroxylation is 1. The molecule has 0 bridgehead atoms. The number of amides is 4. The normalized spacial score (nSPS) is 13.9. The molecule has 1 rings (SSSR count). The molecule has 0 saturated heterocycles. The van der Waals surface area contributed by atoms with Gasteiger partial charge in [-0.15, -0.1) is 0 Å². The van der Waals surface area contributed by atoms with Crippen LogP contribution in [-0.4, -0.2) is 59.1 Å². The fourth-order valence-electron chi connectivity index (χ4n) is 3.89. The number of primary amides is 1. The second-order valence-corrected chi connectivity index (χ2v) is 12.7. The third kappa shape index (κ3) is 15.1. The number of ether oxygens (including phenoxy) is 2. The third-order valence-corrected chi connectivity index (χ3v) is 5.56. The highest BCUT2D eigenvalue weighted by Gasteiger charge is 2.32. The lowest BCUT2D eigenvalue weighted by atomic mass is 10.00. The Morgan fingerprint density at radius 2 is 1.39 bits per heavy atom. The minimum atomic E-state index is -1.17. The van der Waals surface area contributed by atoms with Crippen molar-refractivity contribution in [3.8, 4) is 0 Å². The Hall–Kier alpha value is -3.63. The van der Waals surface area contributed by atoms with Gasteiger partial charge in [-0.2, -0.15) is 0 Å². The molecule has 1 aromatic rings. The van der Waals surface area contributed by atoms with Gasteiger partial charge in [0.25, 0.3) is 0 Å². The molecule has 0 fully saturated rings. The lowest BCUT2D eigenvalue weighted by Gasteiger charge is -2.28. The zero-order chi connectivity index (χ0) is 31.5. The number of nitrogens with one attached hydrogen (secondary N) is 3. The molecule has 3 atom stereocenters. The van der Waals surface area contributed by atoms with E-state index in [0.29, 0.717) is 6.42 Å². The molecule has 1 aromatic carbocycles. The molecule has 0 aromatic heterocycles. The maximum Gasteiger partial charge on any atom is 0.408 e. The van der Waals surface area contributed by atoms with E-state index >= 15 is 0 Å². The summed E-state index contributed by atoms with van der Waals surface area (Å²) in [4.78, 5) is 63.9. The quantitative estimate of drug-likeness (QED) is 0.262. The van der Waals surface area contributed by atoms with Crippen molar-refractivity contribution in [1.29, 1.82) is 0 Å². The number of carbonyl (C=O) groups excluding carboxylic acids is 5. The molecule has 0 unspecified atom stereocenters. The lowest BCUT2D eigenvalue weighted by Crippen LogP contribution is -2.57. The Labute approximate surface area is 243 Å². The van der Waals surface area contributed by atoms with E-state index in [-0.39, 0.29) is 25.2 Å². The maximum atomic E-state index is 13.6. The zero-order valence-corrected chi connectivity index (χ0v) is 25.9. The highest BCUT2D eigenvalue weighted by atomic mass is 16.6. The van der Waals surface area contributed by atoms with Gasteiger partial charge in [0.1, 0.15) is 29.3 Å². The van der Waals surface area contributed by atoms with Gasteiger partial charge in [0.05, 0.1) is 0 Å². The Kier molecular flexibility index (Phi) is 13.3. The van der Waals surface area contributed by atoms with Crippen molar-refractivity contribution in [3.63, 3.8) is 0 Å². The average Bonchev–Trinajstić information content (AvgIpc) is 2.77. The SMILES string of the molecule is Cc1cccc(C[C@H](NC(=O)[C@H](CC(C)C)NC(=O)OC(C)(C)C)C(=O)N[C@@H](CCC(N)=O)C(=O)OC(C)(C)C)c1. The van der Waals surface area contributed by atoms with E-state index in [9.17, 15) is 24.0 Å². The minimum absolute atomic E-state index is 0.0371. The van der Waals surface area contributed by atoms with Crippen molar-refractivity contribution in [2.75, 3.05) is 0 Å². The topological polar surface area (TPSA) is 166 Å². The molecule has 0 heterocycles. The molecule has 41 heavy (non-hydrogen) atoms. The van der Waals surface area contributed by atoms with Gasteiger partial charge in [0, 0.05) is 12.8 Å². The van der Waals surface area contributed by atoms with Crippen molar-refractivity contribution in [2.45, 2.75) is 117 Å². The molecule has 0 aliphatic rings. The summed E-state index contributed by atoms with van der Waals surface area (Å²) in [5.41, 5.74) is 5.42. The van der Waals surface area contributed by atoms with Crippen LogP contribution in [0.5, 0.6) is 0 Å². The number of carbonyl (C=O) groups is 5. The monoisotopic (exact) mass is 576 g/mol. The Morgan fingerprint density at radius 3 is 1.90 bits per heavy atom. The van der Waals surface area contributed by atoms with Crippen LogP contribution in [0.4, 0.5) is 4.79 Å². The number of hydrogen-bond donors (Lipinski definition) is 4. The summed E-state index contributed by atoms with van der Waals surface area (Å²) in [7, 11) is 0. The first-order valence-electron chi connectivity index (χ1n) is 13.9. The number of alkyl carbamates (subject to hydrolysis) is 1. The number of benzene rings is 1. The van der Waals surface area contributed by atoms with Crippen LogP contribution in [0.2, 0.25) is 0 Å². The van der Waals surface area contributed by atoms with E-state index in [1.807, 2.05) is 45.0 Å². The second-order valence-electron chi connectivity index (χ2n) is 12.7. The van der Waals surface area contributed by atoms with Crippen LogP contribution < -0.4 is 21.7 Å². The Bertz CT molecular complexity index is 1070. The average molecular weight is 577 g/mol. The van der Waals surface area contributed by atoms with Crippen LogP contribution in [0, 0.1) is 12.8 Å². The Balaban J connectivity index is 3.28. The zero-order valence-electron chi connectivity index (χ0n) is 25.9. The van der Waals surface area contributed by atoms with Crippen LogP contribution in [0.3, 0.4) is 0 Å². The van der Waals surface area contributed by atoms with Gasteiger partial charge in [-0.05, 0) is 72.8 Å². The van der Waals surface area contributed by atoms with Crippen LogP contribution in [0.25, 0.3) is 0 Å². The van der Waals surface area contributed by atoms with E-state index in [1.54, 1.807) is 41.5 Å². The largest absolute Gasteiger partial charge is 0.458 e. The van der Waals surface area contributed by atoms with Gasteiger partial charge < -0.3 is 31.2 Å². The first kappa shape index (κ1) is 35.4. The molecular formula is C30H48N4O7. The van der Waals surface area contributed by atoms with Gasteiger partial charge in [0.2, 0.25) is 17.7 Å². The van der Waals surface area contributed by atoms with E-state index in [0.717, 1.165) is 11.1 Å². The van der Waals surface area contributed by atoms with Crippen LogP contribution in [-0.2, 0) is 35.1 Å². The molecule has 4 amide bonds. The fourth-order valence-corrected chi connectivity index (χ4v) is 3.89. The number of esters is 1. The smallest absolute Gasteiger partial charge is 0.408 e. The van der Waals surface area contributed by atoms with E-state index in [4.69, 9.17) is 15.2 Å². The number of rotatable bonds is 13. The number of nitrogens with two attached hydrogens (primary N) is 1. The number of hydrogen-bond acceptors (Lipinski definition) is 7. The summed E-state index contributed by atoms with van der Waals surface area (Å²) in [5.74, 6) is -2.56. The summed E-state index contributed by atoms with van der Waals surface area (Å²) in [6, 6.07) is 4.19. The second kappa shape index (κ2) is 15.4. The molecular weight excluding hydrogens is 528 g/mol. The van der Waals surface area contributed by atoms with Crippen molar-refractivity contribution in [1.82, 2.24) is 16.0 Å². The van der Waals surface area contributed by atoms with Gasteiger partial charge in [-0.25, -0.2) is 9.59 Å². The summed E-state index contributed by atoms with van der Waals surface area (Å²) < 4.78 is 10.8. The summed E-state index contributed by atoms with van der Waals surface area (Å²) in [6.45, 7) is 15.9. The molecule has 11 heteroatoms. The van der Waals surface area contributed by atoms with Crippen molar-refractivity contribution < 1.29 is 33.4 Å². The van der Waals surface area contributed by atoms with Crippen molar-refractivity contribution in [2.24, 2.45) is 11.7 Å². The molecule has 0 spiro atoms. The standard InChI is InChI=1S/C30H48N4O7/c1-18(2)15-22(34-28(39)41-30(7,8)9)25(36)33-23(17-20-12-10-11-19(3)16-20)26(37)32-21(13-14-24(31)35)27(38)40-29(4,5)6/h10-12,16,18,21-23H,13-15,17H2,1-9H3,(H2,31,35)(H,32,37)(H,33,36)(H,34,39)/t21-,22-,23-/m0/s1. The van der Waals surface area contributed by atoms with Crippen molar-refractivity contribution in [3.05, 3.63) is 35.4 Å². The molecule has 230 valence electrons. The highest BCUT2D eigenvalue weighted by molar-refractivity contribution is 5.93. The highest BCUT2D eigenvalue weighted by Crippen LogP contribution is 2.14.